The van der Waals surface area contributed by atoms with E-state index in [0.29, 0.717) is 22.7 Å². The number of aromatic nitrogens is 1. The molecular formula is C11H9ClN2O3. The molecular weight excluding hydrogens is 244 g/mol. The SMILES string of the molecule is Cc1c(-c2nc(CCl)co2)cccc1[N+](=O)[O-]. The molecule has 0 amide bonds. The normalized spacial score (nSPS) is 10.5. The standard InChI is InChI=1S/C11H9ClN2O3/c1-7-9(3-2-4-10(7)14(15)16)11-13-8(5-12)6-17-11/h2-4,6H,5H2,1H3. The van der Waals surface area contributed by atoms with Gasteiger partial charge in [0.25, 0.3) is 5.69 Å². The number of halogens is 1. The number of hydrogen-bond acceptors (Lipinski definition) is 4. The fourth-order valence-electron chi connectivity index (χ4n) is 1.54. The Hall–Kier alpha value is -1.88. The second-order valence-corrected chi connectivity index (χ2v) is 3.75. The summed E-state index contributed by atoms with van der Waals surface area (Å²) in [7, 11) is 0. The minimum Gasteiger partial charge on any atom is -0.444 e. The fourth-order valence-corrected chi connectivity index (χ4v) is 1.67. The van der Waals surface area contributed by atoms with Crippen LogP contribution >= 0.6 is 11.6 Å². The molecule has 0 saturated carbocycles. The van der Waals surface area contributed by atoms with Crippen molar-refractivity contribution in [1.29, 1.82) is 0 Å². The third kappa shape index (κ3) is 2.14. The maximum Gasteiger partial charge on any atom is 0.273 e. The average molecular weight is 253 g/mol. The zero-order valence-corrected chi connectivity index (χ0v) is 9.77. The molecule has 2 rings (SSSR count). The van der Waals surface area contributed by atoms with Crippen molar-refractivity contribution in [3.63, 3.8) is 0 Å². The quantitative estimate of drug-likeness (QED) is 0.477. The number of alkyl halides is 1. The molecule has 88 valence electrons. The van der Waals surface area contributed by atoms with Gasteiger partial charge in [-0.3, -0.25) is 10.1 Å². The number of benzene rings is 1. The molecule has 0 aliphatic rings. The van der Waals surface area contributed by atoms with E-state index in [2.05, 4.69) is 4.98 Å². The van der Waals surface area contributed by atoms with Gasteiger partial charge in [0.05, 0.1) is 16.5 Å². The van der Waals surface area contributed by atoms with Crippen LogP contribution in [0.3, 0.4) is 0 Å². The van der Waals surface area contributed by atoms with Gasteiger partial charge in [-0.05, 0) is 13.0 Å². The molecule has 0 bridgehead atoms. The summed E-state index contributed by atoms with van der Waals surface area (Å²) in [4.78, 5) is 14.5. The maximum atomic E-state index is 10.8. The van der Waals surface area contributed by atoms with Crippen molar-refractivity contribution >= 4 is 17.3 Å². The van der Waals surface area contributed by atoms with Crippen LogP contribution in [0, 0.1) is 17.0 Å². The van der Waals surface area contributed by atoms with E-state index in [4.69, 9.17) is 16.0 Å². The minimum atomic E-state index is -0.426. The zero-order valence-electron chi connectivity index (χ0n) is 9.01. The highest BCUT2D eigenvalue weighted by atomic mass is 35.5. The number of rotatable bonds is 3. The first-order chi connectivity index (χ1) is 8.13. The minimum absolute atomic E-state index is 0.0492. The number of nitro benzene ring substituents is 1. The molecule has 5 nitrogen and oxygen atoms in total. The Morgan fingerprint density at radius 1 is 1.53 bits per heavy atom. The molecule has 0 spiro atoms. The summed E-state index contributed by atoms with van der Waals surface area (Å²) in [6.07, 6.45) is 1.45. The van der Waals surface area contributed by atoms with E-state index in [-0.39, 0.29) is 11.6 Å². The van der Waals surface area contributed by atoms with Gasteiger partial charge in [0.1, 0.15) is 6.26 Å². The Bertz CT molecular complexity index is 566. The highest BCUT2D eigenvalue weighted by Gasteiger charge is 2.17. The second-order valence-electron chi connectivity index (χ2n) is 3.48. The molecule has 1 heterocycles. The lowest BCUT2D eigenvalue weighted by Gasteiger charge is -2.01. The van der Waals surface area contributed by atoms with Gasteiger partial charge in [-0.2, -0.15) is 0 Å². The molecule has 0 unspecified atom stereocenters. The van der Waals surface area contributed by atoms with Crippen LogP contribution in [-0.4, -0.2) is 9.91 Å². The largest absolute Gasteiger partial charge is 0.444 e. The molecule has 17 heavy (non-hydrogen) atoms. The predicted octanol–water partition coefficient (Wildman–Crippen LogP) is 3.30. The molecule has 1 aromatic heterocycles. The lowest BCUT2D eigenvalue weighted by atomic mass is 10.1. The summed E-state index contributed by atoms with van der Waals surface area (Å²) < 4.78 is 5.24. The average Bonchev–Trinajstić information content (AvgIpc) is 2.77. The van der Waals surface area contributed by atoms with Crippen LogP contribution in [0.15, 0.2) is 28.9 Å². The highest BCUT2D eigenvalue weighted by molar-refractivity contribution is 6.16. The smallest absolute Gasteiger partial charge is 0.273 e. The van der Waals surface area contributed by atoms with E-state index in [1.54, 1.807) is 19.1 Å². The number of oxazole rings is 1. The van der Waals surface area contributed by atoms with E-state index in [9.17, 15) is 10.1 Å². The third-order valence-corrected chi connectivity index (χ3v) is 2.69. The Morgan fingerprint density at radius 2 is 2.29 bits per heavy atom. The molecule has 6 heteroatoms. The first-order valence-corrected chi connectivity index (χ1v) is 5.41. The monoisotopic (exact) mass is 252 g/mol. The third-order valence-electron chi connectivity index (χ3n) is 2.42. The van der Waals surface area contributed by atoms with Gasteiger partial charge in [-0.25, -0.2) is 4.98 Å². The maximum absolute atomic E-state index is 10.8. The lowest BCUT2D eigenvalue weighted by Crippen LogP contribution is -1.93. The fraction of sp³-hybridized carbons (Fsp3) is 0.182. The Labute approximate surface area is 102 Å². The molecule has 1 aromatic carbocycles. The van der Waals surface area contributed by atoms with Crippen molar-refractivity contribution in [3.05, 3.63) is 45.8 Å². The number of hydrogen-bond donors (Lipinski definition) is 0. The van der Waals surface area contributed by atoms with E-state index in [0.717, 1.165) is 0 Å². The Kier molecular flexibility index (Phi) is 3.10. The number of nitrogens with zero attached hydrogens (tertiary/aromatic N) is 2. The van der Waals surface area contributed by atoms with Crippen LogP contribution in [0.5, 0.6) is 0 Å². The van der Waals surface area contributed by atoms with Gasteiger partial charge in [-0.15, -0.1) is 11.6 Å². The van der Waals surface area contributed by atoms with Crippen LogP contribution in [0.4, 0.5) is 5.69 Å². The summed E-state index contributed by atoms with van der Waals surface area (Å²) in [5, 5.41) is 10.8. The van der Waals surface area contributed by atoms with Crippen molar-refractivity contribution in [2.45, 2.75) is 12.8 Å². The molecule has 0 aliphatic carbocycles. The lowest BCUT2D eigenvalue weighted by molar-refractivity contribution is -0.385. The highest BCUT2D eigenvalue weighted by Crippen LogP contribution is 2.29. The predicted molar refractivity (Wildman–Crippen MR) is 62.9 cm³/mol. The van der Waals surface area contributed by atoms with Crippen LogP contribution < -0.4 is 0 Å². The van der Waals surface area contributed by atoms with Gasteiger partial charge in [0.2, 0.25) is 5.89 Å². The molecule has 2 aromatic rings. The van der Waals surface area contributed by atoms with Crippen molar-refractivity contribution in [1.82, 2.24) is 4.98 Å². The molecule has 0 radical (unpaired) electrons. The summed E-state index contributed by atoms with van der Waals surface area (Å²) >= 11 is 5.62. The van der Waals surface area contributed by atoms with Gasteiger partial charge in [0.15, 0.2) is 0 Å². The van der Waals surface area contributed by atoms with Crippen molar-refractivity contribution in [3.8, 4) is 11.5 Å². The van der Waals surface area contributed by atoms with E-state index in [1.165, 1.54) is 12.3 Å². The molecule has 0 saturated heterocycles. The zero-order chi connectivity index (χ0) is 12.4. The van der Waals surface area contributed by atoms with Gasteiger partial charge < -0.3 is 4.42 Å². The van der Waals surface area contributed by atoms with Crippen LogP contribution in [0.1, 0.15) is 11.3 Å². The van der Waals surface area contributed by atoms with Gasteiger partial charge in [-0.1, -0.05) is 6.07 Å². The van der Waals surface area contributed by atoms with Gasteiger partial charge in [0, 0.05) is 17.2 Å². The first kappa shape index (κ1) is 11.6. The Balaban J connectivity index is 2.52. The summed E-state index contributed by atoms with van der Waals surface area (Å²) in [5.74, 6) is 0.596. The van der Waals surface area contributed by atoms with Crippen molar-refractivity contribution < 1.29 is 9.34 Å². The van der Waals surface area contributed by atoms with E-state index < -0.39 is 4.92 Å². The van der Waals surface area contributed by atoms with Crippen molar-refractivity contribution in [2.75, 3.05) is 0 Å². The molecule has 0 aliphatic heterocycles. The molecule has 0 fully saturated rings. The summed E-state index contributed by atoms with van der Waals surface area (Å²) in [6, 6.07) is 4.78. The second kappa shape index (κ2) is 4.55. The van der Waals surface area contributed by atoms with Crippen LogP contribution in [0.25, 0.3) is 11.5 Å². The molecule has 0 atom stereocenters. The number of nitro groups is 1. The van der Waals surface area contributed by atoms with E-state index in [1.807, 2.05) is 0 Å². The van der Waals surface area contributed by atoms with Gasteiger partial charge >= 0.3 is 0 Å². The van der Waals surface area contributed by atoms with Crippen LogP contribution in [-0.2, 0) is 5.88 Å². The Morgan fingerprint density at radius 3 is 2.88 bits per heavy atom. The summed E-state index contributed by atoms with van der Waals surface area (Å²) in [5.41, 5.74) is 1.79. The topological polar surface area (TPSA) is 69.2 Å². The summed E-state index contributed by atoms with van der Waals surface area (Å²) in [6.45, 7) is 1.66. The first-order valence-electron chi connectivity index (χ1n) is 4.88. The molecule has 0 N–H and O–H groups in total. The van der Waals surface area contributed by atoms with E-state index >= 15 is 0 Å². The van der Waals surface area contributed by atoms with Crippen LogP contribution in [0.2, 0.25) is 0 Å². The van der Waals surface area contributed by atoms with Crippen molar-refractivity contribution in [2.24, 2.45) is 0 Å².